The van der Waals surface area contributed by atoms with Crippen LogP contribution in [0.5, 0.6) is 0 Å². The first-order chi connectivity index (χ1) is 11.4. The maximum Gasteiger partial charge on any atom is 0.243 e. The number of rotatable bonds is 5. The van der Waals surface area contributed by atoms with Gasteiger partial charge < -0.3 is 10.6 Å². The average molecular weight is 331 g/mol. The molecular formula is C19H29N3O2. The van der Waals surface area contributed by atoms with Gasteiger partial charge >= 0.3 is 0 Å². The summed E-state index contributed by atoms with van der Waals surface area (Å²) in [4.78, 5) is 26.6. The van der Waals surface area contributed by atoms with Crippen molar-refractivity contribution >= 4 is 17.5 Å². The highest BCUT2D eigenvalue weighted by Crippen LogP contribution is 2.19. The fraction of sp³-hybridized carbons (Fsp3) is 0.579. The van der Waals surface area contributed by atoms with E-state index < -0.39 is 0 Å². The van der Waals surface area contributed by atoms with Crippen LogP contribution in [-0.2, 0) is 9.59 Å². The molecule has 1 saturated heterocycles. The predicted molar refractivity (Wildman–Crippen MR) is 97.0 cm³/mol. The highest BCUT2D eigenvalue weighted by Gasteiger charge is 2.25. The van der Waals surface area contributed by atoms with E-state index in [1.807, 2.05) is 39.0 Å². The molecule has 1 aliphatic rings. The van der Waals surface area contributed by atoms with Crippen LogP contribution in [0.15, 0.2) is 18.2 Å². The highest BCUT2D eigenvalue weighted by molar-refractivity contribution is 5.96. The number of hydrogen-bond donors (Lipinski definition) is 2. The Morgan fingerprint density at radius 2 is 1.96 bits per heavy atom. The van der Waals surface area contributed by atoms with Crippen molar-refractivity contribution in [3.8, 4) is 0 Å². The van der Waals surface area contributed by atoms with Crippen LogP contribution in [-0.4, -0.2) is 42.4 Å². The van der Waals surface area contributed by atoms with E-state index in [1.54, 1.807) is 0 Å². The fourth-order valence-electron chi connectivity index (χ4n) is 3.25. The van der Waals surface area contributed by atoms with Crippen LogP contribution in [0.3, 0.4) is 0 Å². The lowest BCUT2D eigenvalue weighted by molar-refractivity contribution is -0.128. The zero-order chi connectivity index (χ0) is 17.7. The molecule has 2 amide bonds. The molecule has 1 aromatic carbocycles. The van der Waals surface area contributed by atoms with Crippen LogP contribution < -0.4 is 10.6 Å². The third kappa shape index (κ3) is 4.81. The van der Waals surface area contributed by atoms with Crippen molar-refractivity contribution in [3.05, 3.63) is 29.3 Å². The Hall–Kier alpha value is -1.88. The number of amides is 2. The van der Waals surface area contributed by atoms with Gasteiger partial charge in [0, 0.05) is 12.2 Å². The number of anilines is 1. The number of likely N-dealkylation sites (tertiary alicyclic amines) is 1. The first kappa shape index (κ1) is 18.5. The number of nitrogens with zero attached hydrogens (tertiary/aromatic N) is 1. The summed E-state index contributed by atoms with van der Waals surface area (Å²) in [7, 11) is 0. The van der Waals surface area contributed by atoms with Crippen molar-refractivity contribution in [2.24, 2.45) is 5.92 Å². The van der Waals surface area contributed by atoms with Gasteiger partial charge in [-0.25, -0.2) is 0 Å². The van der Waals surface area contributed by atoms with Crippen LogP contribution in [0.1, 0.15) is 37.8 Å². The molecule has 0 aliphatic carbocycles. The minimum absolute atomic E-state index is 0.000338. The standard InChI is InChI=1S/C19H29N3O2/c1-13-7-6-10-22(12-13)16(4)19(24)20-11-17(23)21-18-14(2)8-5-9-15(18)3/h5,8-9,13,16H,6-7,10-12H2,1-4H3,(H,20,24)(H,21,23). The second kappa shape index (κ2) is 8.29. The fourth-order valence-corrected chi connectivity index (χ4v) is 3.25. The number of nitrogens with one attached hydrogen (secondary N) is 2. The van der Waals surface area contributed by atoms with Crippen LogP contribution in [0.4, 0.5) is 5.69 Å². The van der Waals surface area contributed by atoms with E-state index in [1.165, 1.54) is 6.42 Å². The summed E-state index contributed by atoms with van der Waals surface area (Å²) < 4.78 is 0. The molecule has 2 unspecified atom stereocenters. The van der Waals surface area contributed by atoms with Gasteiger partial charge in [0.05, 0.1) is 12.6 Å². The van der Waals surface area contributed by atoms with Gasteiger partial charge in [0.25, 0.3) is 0 Å². The molecule has 132 valence electrons. The van der Waals surface area contributed by atoms with E-state index in [0.29, 0.717) is 5.92 Å². The molecule has 1 heterocycles. The largest absolute Gasteiger partial charge is 0.346 e. The number of hydrogen-bond acceptors (Lipinski definition) is 3. The number of piperidine rings is 1. The Balaban J connectivity index is 1.83. The monoisotopic (exact) mass is 331 g/mol. The molecule has 5 nitrogen and oxygen atoms in total. The maximum absolute atomic E-state index is 12.3. The molecule has 0 saturated carbocycles. The molecule has 0 radical (unpaired) electrons. The van der Waals surface area contributed by atoms with Gasteiger partial charge in [0.15, 0.2) is 0 Å². The minimum atomic E-state index is -0.194. The summed E-state index contributed by atoms with van der Waals surface area (Å²) in [5.74, 6) is 0.349. The number of para-hydroxylation sites is 1. The highest BCUT2D eigenvalue weighted by atomic mass is 16.2. The lowest BCUT2D eigenvalue weighted by atomic mass is 9.99. The van der Waals surface area contributed by atoms with Gasteiger partial charge in [0.1, 0.15) is 0 Å². The molecule has 2 rings (SSSR count). The van der Waals surface area contributed by atoms with E-state index in [0.717, 1.165) is 36.3 Å². The number of benzene rings is 1. The van der Waals surface area contributed by atoms with Crippen LogP contribution in [0.2, 0.25) is 0 Å². The molecule has 1 fully saturated rings. The predicted octanol–water partition coefficient (Wildman–Crippen LogP) is 2.48. The van der Waals surface area contributed by atoms with Crippen molar-refractivity contribution in [1.29, 1.82) is 0 Å². The van der Waals surface area contributed by atoms with E-state index in [9.17, 15) is 9.59 Å². The SMILES string of the molecule is Cc1cccc(C)c1NC(=O)CNC(=O)C(C)N1CCCC(C)C1. The van der Waals surface area contributed by atoms with Crippen molar-refractivity contribution in [3.63, 3.8) is 0 Å². The van der Waals surface area contributed by atoms with Gasteiger partial charge in [-0.05, 0) is 57.2 Å². The molecular weight excluding hydrogens is 302 g/mol. The van der Waals surface area contributed by atoms with Gasteiger partial charge in [-0.15, -0.1) is 0 Å². The number of carbonyl (C=O) groups excluding carboxylic acids is 2. The zero-order valence-electron chi connectivity index (χ0n) is 15.2. The minimum Gasteiger partial charge on any atom is -0.346 e. The average Bonchev–Trinajstić information content (AvgIpc) is 2.55. The molecule has 2 atom stereocenters. The number of aryl methyl sites for hydroxylation is 2. The molecule has 0 bridgehead atoms. The van der Waals surface area contributed by atoms with E-state index in [-0.39, 0.29) is 24.4 Å². The molecule has 2 N–H and O–H groups in total. The summed E-state index contributed by atoms with van der Waals surface area (Å²) in [6.45, 7) is 9.95. The maximum atomic E-state index is 12.3. The first-order valence-corrected chi connectivity index (χ1v) is 8.76. The lowest BCUT2D eigenvalue weighted by Gasteiger charge is -2.34. The molecule has 1 aliphatic heterocycles. The Bertz CT molecular complexity index is 580. The molecule has 0 aromatic heterocycles. The number of carbonyl (C=O) groups is 2. The molecule has 5 heteroatoms. The van der Waals surface area contributed by atoms with Gasteiger partial charge in [-0.1, -0.05) is 25.1 Å². The van der Waals surface area contributed by atoms with Gasteiger partial charge in [-0.2, -0.15) is 0 Å². The smallest absolute Gasteiger partial charge is 0.243 e. The van der Waals surface area contributed by atoms with Crippen molar-refractivity contribution in [2.75, 3.05) is 25.0 Å². The zero-order valence-corrected chi connectivity index (χ0v) is 15.2. The topological polar surface area (TPSA) is 61.4 Å². The Morgan fingerprint density at radius 1 is 1.29 bits per heavy atom. The van der Waals surface area contributed by atoms with Crippen LogP contribution >= 0.6 is 0 Å². The second-order valence-corrected chi connectivity index (χ2v) is 6.95. The van der Waals surface area contributed by atoms with E-state index in [2.05, 4.69) is 22.5 Å². The summed E-state index contributed by atoms with van der Waals surface area (Å²) >= 11 is 0. The molecule has 0 spiro atoms. The Kier molecular flexibility index (Phi) is 6.37. The summed E-state index contributed by atoms with van der Waals surface area (Å²) in [6.07, 6.45) is 2.36. The summed E-state index contributed by atoms with van der Waals surface area (Å²) in [5, 5.41) is 5.65. The third-order valence-electron chi connectivity index (χ3n) is 4.78. The normalized spacial score (nSPS) is 19.6. The Morgan fingerprint density at radius 3 is 2.58 bits per heavy atom. The lowest BCUT2D eigenvalue weighted by Crippen LogP contribution is -2.49. The molecule has 24 heavy (non-hydrogen) atoms. The van der Waals surface area contributed by atoms with Crippen LogP contribution in [0.25, 0.3) is 0 Å². The van der Waals surface area contributed by atoms with Crippen molar-refractivity contribution in [2.45, 2.75) is 46.6 Å². The summed E-state index contributed by atoms with van der Waals surface area (Å²) in [5.41, 5.74) is 2.87. The third-order valence-corrected chi connectivity index (χ3v) is 4.78. The van der Waals surface area contributed by atoms with E-state index in [4.69, 9.17) is 0 Å². The van der Waals surface area contributed by atoms with E-state index >= 15 is 0 Å². The second-order valence-electron chi connectivity index (χ2n) is 6.95. The Labute approximate surface area is 144 Å². The summed E-state index contributed by atoms with van der Waals surface area (Å²) in [6, 6.07) is 5.69. The molecule has 1 aromatic rings. The van der Waals surface area contributed by atoms with Crippen molar-refractivity contribution in [1.82, 2.24) is 10.2 Å². The first-order valence-electron chi connectivity index (χ1n) is 8.76. The van der Waals surface area contributed by atoms with Gasteiger partial charge in [0.2, 0.25) is 11.8 Å². The van der Waals surface area contributed by atoms with Gasteiger partial charge in [-0.3, -0.25) is 14.5 Å². The quantitative estimate of drug-likeness (QED) is 0.871. The van der Waals surface area contributed by atoms with Crippen LogP contribution in [0, 0.1) is 19.8 Å². The van der Waals surface area contributed by atoms with Crippen molar-refractivity contribution < 1.29 is 9.59 Å².